The van der Waals surface area contributed by atoms with E-state index in [-0.39, 0.29) is 48.0 Å². The van der Waals surface area contributed by atoms with Gasteiger partial charge in [-0.15, -0.1) is 0 Å². The normalized spacial score (nSPS) is 18.1. The van der Waals surface area contributed by atoms with Crippen LogP contribution in [0.1, 0.15) is 63.2 Å². The molecule has 0 bridgehead atoms. The van der Waals surface area contributed by atoms with Gasteiger partial charge in [-0.1, -0.05) is 43.4 Å². The molecular weight excluding hydrogens is 739 g/mol. The zero-order valence-corrected chi connectivity index (χ0v) is 33.9. The molecule has 6 rings (SSSR count). The number of carbonyl (C=O) groups is 3. The number of hydrogen-bond donors (Lipinski definition) is 4. The number of carbonyl (C=O) groups excluding carboxylic acids is 3. The van der Waals surface area contributed by atoms with Crippen molar-refractivity contribution in [1.29, 1.82) is 0 Å². The number of phenolic OH excluding ortho intramolecular Hbond substituents is 1. The Morgan fingerprint density at radius 2 is 1.74 bits per heavy atom. The Labute approximate surface area is 340 Å². The van der Waals surface area contributed by atoms with Gasteiger partial charge >= 0.3 is 5.97 Å². The Balaban J connectivity index is 0.837. The number of aromatic amines is 1. The smallest absolute Gasteiger partial charge is 0.310 e. The van der Waals surface area contributed by atoms with E-state index in [9.17, 15) is 29.4 Å². The van der Waals surface area contributed by atoms with Gasteiger partial charge in [-0.2, -0.15) is 0 Å². The molecule has 58 heavy (non-hydrogen) atoms. The van der Waals surface area contributed by atoms with E-state index in [2.05, 4.69) is 40.4 Å². The number of amides is 2. The minimum absolute atomic E-state index is 0.0464. The van der Waals surface area contributed by atoms with Crippen LogP contribution in [0.2, 0.25) is 0 Å². The molecule has 312 valence electrons. The van der Waals surface area contributed by atoms with Gasteiger partial charge in [0.2, 0.25) is 11.5 Å². The molecule has 1 aromatic heterocycles. The first-order chi connectivity index (χ1) is 28.1. The molecule has 13 heteroatoms. The van der Waals surface area contributed by atoms with E-state index in [1.165, 1.54) is 17.7 Å². The number of aliphatic hydroxyl groups is 1. The molecule has 0 saturated carbocycles. The van der Waals surface area contributed by atoms with Gasteiger partial charge in [0.15, 0.2) is 6.61 Å². The van der Waals surface area contributed by atoms with Gasteiger partial charge < -0.3 is 39.8 Å². The summed E-state index contributed by atoms with van der Waals surface area (Å²) in [5.74, 6) is 0.585. The van der Waals surface area contributed by atoms with Gasteiger partial charge in [-0.25, -0.2) is 0 Å². The maximum absolute atomic E-state index is 13.2. The number of benzene rings is 2. The lowest BCUT2D eigenvalue weighted by molar-refractivity contribution is -0.150. The highest BCUT2D eigenvalue weighted by Crippen LogP contribution is 2.29. The quantitative estimate of drug-likeness (QED) is 0.114. The van der Waals surface area contributed by atoms with Crippen LogP contribution in [0.25, 0.3) is 10.9 Å². The van der Waals surface area contributed by atoms with Crippen molar-refractivity contribution in [3.63, 3.8) is 0 Å². The Morgan fingerprint density at radius 1 is 0.983 bits per heavy atom. The summed E-state index contributed by atoms with van der Waals surface area (Å²) in [6.45, 7) is 10.5. The first-order valence-corrected chi connectivity index (χ1v) is 20.8. The second-order valence-electron chi connectivity index (χ2n) is 15.9. The summed E-state index contributed by atoms with van der Waals surface area (Å²) >= 11 is 0. The van der Waals surface area contributed by atoms with Crippen molar-refractivity contribution in [3.8, 4) is 11.5 Å². The zero-order chi connectivity index (χ0) is 41.0. The first kappa shape index (κ1) is 42.6. The summed E-state index contributed by atoms with van der Waals surface area (Å²) in [6, 6.07) is 13.3. The van der Waals surface area contributed by atoms with Gasteiger partial charge in [0, 0.05) is 50.7 Å². The molecule has 0 aliphatic carbocycles. The number of aromatic hydroxyl groups is 1. The van der Waals surface area contributed by atoms with E-state index < -0.39 is 6.10 Å². The summed E-state index contributed by atoms with van der Waals surface area (Å²) in [5, 5.41) is 24.9. The summed E-state index contributed by atoms with van der Waals surface area (Å²) in [5.41, 5.74) is 2.71. The standard InChI is InChI=1S/C45H59N5O8/c1-3-6-32(7-4-2)26-48-18-14-33(15-19-48)29-58-43(55)23-34-8-5-9-36(22-34)57-30-42(54)50-27-35(28-50)45(56)49-20-16-31(17-21-49)24-46-25-40(52)37-10-12-39(51)44-38(37)11-13-41(53)47-44/h3,5-13,22,31,33,35,40,46,51-52H,4,14-21,23-30H2,1-2H3,(H,47,53)/b6-3-,32-7+/t40-/m0/s1. The minimum atomic E-state index is -0.828. The Bertz CT molecular complexity index is 1990. The molecule has 4 N–H and O–H groups in total. The molecular formula is C45H59N5O8. The number of aromatic nitrogens is 1. The summed E-state index contributed by atoms with van der Waals surface area (Å²) in [4.78, 5) is 59.1. The van der Waals surface area contributed by atoms with E-state index in [4.69, 9.17) is 9.47 Å². The van der Waals surface area contributed by atoms with E-state index in [1.54, 1.807) is 35.2 Å². The number of pyridine rings is 1. The third kappa shape index (κ3) is 11.6. The number of fused-ring (bicyclic) bond motifs is 1. The molecule has 2 aromatic carbocycles. The lowest BCUT2D eigenvalue weighted by Gasteiger charge is -2.42. The molecule has 0 unspecified atom stereocenters. The molecule has 4 heterocycles. The Hall–Kier alpha value is -4.98. The highest BCUT2D eigenvalue weighted by molar-refractivity contribution is 5.87. The molecule has 3 fully saturated rings. The van der Waals surface area contributed by atoms with Gasteiger partial charge in [0.05, 0.1) is 30.6 Å². The maximum Gasteiger partial charge on any atom is 0.310 e. The fourth-order valence-corrected chi connectivity index (χ4v) is 8.18. The topological polar surface area (TPSA) is 165 Å². The van der Waals surface area contributed by atoms with E-state index in [0.29, 0.717) is 79.9 Å². The maximum atomic E-state index is 13.2. The summed E-state index contributed by atoms with van der Waals surface area (Å²) in [7, 11) is 0. The molecule has 1 atom stereocenters. The van der Waals surface area contributed by atoms with Crippen LogP contribution < -0.4 is 15.6 Å². The third-order valence-electron chi connectivity index (χ3n) is 11.6. The number of nitrogens with zero attached hydrogens (tertiary/aromatic N) is 3. The van der Waals surface area contributed by atoms with Crippen molar-refractivity contribution in [2.24, 2.45) is 17.8 Å². The van der Waals surface area contributed by atoms with Crippen molar-refractivity contribution in [1.82, 2.24) is 25.0 Å². The number of likely N-dealkylation sites (tertiary alicyclic amines) is 3. The highest BCUT2D eigenvalue weighted by Gasteiger charge is 2.39. The average Bonchev–Trinajstić information content (AvgIpc) is 3.20. The number of hydrogen-bond acceptors (Lipinski definition) is 10. The van der Waals surface area contributed by atoms with Crippen LogP contribution in [0, 0.1) is 17.8 Å². The predicted octanol–water partition coefficient (Wildman–Crippen LogP) is 4.34. The van der Waals surface area contributed by atoms with Crippen LogP contribution in [0.15, 0.2) is 77.1 Å². The van der Waals surface area contributed by atoms with Gasteiger partial charge in [0.25, 0.3) is 5.91 Å². The number of phenols is 1. The van der Waals surface area contributed by atoms with E-state index in [0.717, 1.165) is 57.3 Å². The second-order valence-corrected chi connectivity index (χ2v) is 15.9. The largest absolute Gasteiger partial charge is 0.506 e. The third-order valence-corrected chi connectivity index (χ3v) is 11.6. The molecule has 13 nitrogen and oxygen atoms in total. The van der Waals surface area contributed by atoms with E-state index >= 15 is 0 Å². The van der Waals surface area contributed by atoms with Gasteiger partial charge in [0.1, 0.15) is 11.5 Å². The Morgan fingerprint density at radius 3 is 2.48 bits per heavy atom. The Kier molecular flexibility index (Phi) is 15.2. The number of rotatable bonds is 17. The molecule has 0 spiro atoms. The lowest BCUT2D eigenvalue weighted by Crippen LogP contribution is -2.58. The number of ether oxygens (including phenoxy) is 2. The molecule has 0 radical (unpaired) electrons. The van der Waals surface area contributed by atoms with E-state index in [1.807, 2.05) is 17.9 Å². The molecule has 3 aliphatic heterocycles. The van der Waals surface area contributed by atoms with Crippen molar-refractivity contribution < 1.29 is 34.1 Å². The second kappa shape index (κ2) is 20.6. The number of aliphatic hydroxyl groups excluding tert-OH is 1. The van der Waals surface area contributed by atoms with Gasteiger partial charge in [-0.05, 0) is 111 Å². The molecule has 3 saturated heterocycles. The minimum Gasteiger partial charge on any atom is -0.506 e. The molecule has 2 amide bonds. The number of esters is 1. The van der Waals surface area contributed by atoms with Crippen LogP contribution in [-0.2, 0) is 25.5 Å². The predicted molar refractivity (Wildman–Crippen MR) is 222 cm³/mol. The number of H-pyrrole nitrogens is 1. The molecule has 3 aromatic rings. The van der Waals surface area contributed by atoms with Crippen LogP contribution in [0.3, 0.4) is 0 Å². The lowest BCUT2D eigenvalue weighted by atomic mass is 9.93. The summed E-state index contributed by atoms with van der Waals surface area (Å²) < 4.78 is 11.5. The SMILES string of the molecule is C/C=C\C(=C/CC)CN1CCC(COC(=O)Cc2cccc(OCC(=O)N3CC(C(=O)N4CCC(CNC[C@H](O)c5ccc(O)c6[nH]c(=O)ccc56)CC4)C3)c2)CC1. The highest BCUT2D eigenvalue weighted by atomic mass is 16.5. The van der Waals surface area contributed by atoms with Crippen molar-refractivity contribution in [2.45, 2.75) is 58.5 Å². The number of nitrogens with one attached hydrogen (secondary N) is 2. The zero-order valence-electron chi connectivity index (χ0n) is 33.9. The van der Waals surface area contributed by atoms with Gasteiger partial charge in [-0.3, -0.25) is 24.1 Å². The monoisotopic (exact) mass is 797 g/mol. The van der Waals surface area contributed by atoms with Crippen LogP contribution in [-0.4, -0.2) is 120 Å². The number of piperidine rings is 2. The van der Waals surface area contributed by atoms with Crippen LogP contribution >= 0.6 is 0 Å². The molecule has 3 aliphatic rings. The average molecular weight is 798 g/mol. The van der Waals surface area contributed by atoms with Crippen LogP contribution in [0.4, 0.5) is 0 Å². The fraction of sp³-hybridized carbons (Fsp3) is 0.511. The van der Waals surface area contributed by atoms with Crippen molar-refractivity contribution in [2.75, 3.05) is 72.1 Å². The van der Waals surface area contributed by atoms with Crippen molar-refractivity contribution >= 4 is 28.7 Å². The number of allylic oxidation sites excluding steroid dienone is 2. The summed E-state index contributed by atoms with van der Waals surface area (Å²) in [6.07, 6.45) is 10.6. The first-order valence-electron chi connectivity index (χ1n) is 20.8. The fourth-order valence-electron chi connectivity index (χ4n) is 8.18. The van der Waals surface area contributed by atoms with Crippen LogP contribution in [0.5, 0.6) is 11.5 Å². The van der Waals surface area contributed by atoms with Crippen molar-refractivity contribution in [3.05, 3.63) is 93.8 Å².